The second-order valence-electron chi connectivity index (χ2n) is 16.9. The van der Waals surface area contributed by atoms with Gasteiger partial charge in [0.15, 0.2) is 6.10 Å². The number of aliphatic hydroxyl groups is 1. The number of esters is 2. The second kappa shape index (κ2) is 42.8. The van der Waals surface area contributed by atoms with Crippen LogP contribution in [0.2, 0.25) is 0 Å². The lowest BCUT2D eigenvalue weighted by atomic mass is 10.1. The molecule has 0 amide bonds. The van der Waals surface area contributed by atoms with E-state index in [2.05, 4.69) is 74.6 Å². The number of unbranched alkanes of at least 4 members (excludes halogenated alkanes) is 12. The van der Waals surface area contributed by atoms with Crippen LogP contribution >= 0.6 is 7.82 Å². The molecular weight excluding hydrogens is 814 g/mol. The third kappa shape index (κ3) is 46.7. The van der Waals surface area contributed by atoms with E-state index in [0.29, 0.717) is 30.3 Å². The Morgan fingerprint density at radius 2 is 1.14 bits per heavy atom. The Balaban J connectivity index is 4.53. The summed E-state index contributed by atoms with van der Waals surface area (Å²) in [7, 11) is 1.04. The van der Waals surface area contributed by atoms with Crippen LogP contribution in [0.1, 0.15) is 162 Å². The van der Waals surface area contributed by atoms with Crippen molar-refractivity contribution in [3.8, 4) is 0 Å². The number of ether oxygens (including phenoxy) is 2. The minimum atomic E-state index is -4.68. The van der Waals surface area contributed by atoms with Crippen molar-refractivity contribution >= 4 is 19.8 Å². The van der Waals surface area contributed by atoms with Gasteiger partial charge in [-0.15, -0.1) is 0 Å². The van der Waals surface area contributed by atoms with Gasteiger partial charge in [-0.2, -0.15) is 0 Å². The molecule has 0 aliphatic rings. The van der Waals surface area contributed by atoms with Crippen molar-refractivity contribution in [2.75, 3.05) is 47.5 Å². The first-order valence-corrected chi connectivity index (χ1v) is 25.5. The van der Waals surface area contributed by atoms with E-state index < -0.39 is 38.6 Å². The van der Waals surface area contributed by atoms with Gasteiger partial charge in [-0.25, -0.2) is 0 Å². The third-order valence-corrected chi connectivity index (χ3v) is 10.6. The highest BCUT2D eigenvalue weighted by molar-refractivity contribution is 7.45. The van der Waals surface area contributed by atoms with Crippen molar-refractivity contribution in [3.63, 3.8) is 0 Å². The Morgan fingerprint density at radius 1 is 0.603 bits per heavy atom. The maximum absolute atomic E-state index is 12.7. The molecule has 0 aliphatic heterocycles. The van der Waals surface area contributed by atoms with Gasteiger partial charge in [-0.3, -0.25) is 14.2 Å². The van der Waals surface area contributed by atoms with Crippen molar-refractivity contribution in [1.82, 2.24) is 0 Å². The summed E-state index contributed by atoms with van der Waals surface area (Å²) < 4.78 is 33.8. The van der Waals surface area contributed by atoms with E-state index in [1.807, 2.05) is 39.4 Å². The summed E-state index contributed by atoms with van der Waals surface area (Å²) in [6.45, 7) is 3.86. The highest BCUT2D eigenvalue weighted by Crippen LogP contribution is 2.38. The van der Waals surface area contributed by atoms with Crippen LogP contribution in [0.25, 0.3) is 0 Å². The molecule has 0 aliphatic carbocycles. The average Bonchev–Trinajstić information content (AvgIpc) is 3.23. The molecule has 360 valence electrons. The number of phosphoric ester groups is 1. The minimum Gasteiger partial charge on any atom is -0.756 e. The Bertz CT molecular complexity index is 1410. The van der Waals surface area contributed by atoms with Gasteiger partial charge in [-0.05, 0) is 77.0 Å². The van der Waals surface area contributed by atoms with Crippen LogP contribution in [0.4, 0.5) is 0 Å². The summed E-state index contributed by atoms with van der Waals surface area (Å²) in [5.74, 6) is -1.03. The van der Waals surface area contributed by atoms with Gasteiger partial charge in [0.25, 0.3) is 7.82 Å². The number of likely N-dealkylation sites (N-methyl/N-ethyl adjacent to an activating group) is 1. The van der Waals surface area contributed by atoms with Crippen LogP contribution in [-0.2, 0) is 32.7 Å². The summed E-state index contributed by atoms with van der Waals surface area (Å²) in [6, 6.07) is 0. The standard InChI is InChI=1S/C52H88NO9P/c1-6-8-10-12-14-16-18-20-21-22-23-24-25-27-29-31-33-35-39-43-51(55)59-47-50(48-61-63(57,58)60-46-45-53(3,4)5)62-52(56)44-40-36-38-42-49(54)41-37-34-32-30-28-26-19-17-15-13-11-9-7-2/h9,11,14-17,20-21,26,28,32,34,36-38,41,49-50,54H,6-8,10,12-13,18-19,22-25,27,29-31,33,35,39-40,42-48H2,1-5H3/b11-9-,16-14-,17-15-,21-20-,28-26-,34-32-,38-36-,41-37-/t49?,50-/m1/s1. The van der Waals surface area contributed by atoms with Gasteiger partial charge in [0.2, 0.25) is 0 Å². The average molecular weight is 902 g/mol. The molecule has 3 atom stereocenters. The molecule has 0 saturated heterocycles. The summed E-state index contributed by atoms with van der Waals surface area (Å²) in [4.78, 5) is 37.6. The Kier molecular flexibility index (Phi) is 40.7. The zero-order valence-corrected chi connectivity index (χ0v) is 41.0. The zero-order valence-electron chi connectivity index (χ0n) is 40.1. The fourth-order valence-corrected chi connectivity index (χ4v) is 6.64. The predicted molar refractivity (Wildman–Crippen MR) is 260 cm³/mol. The van der Waals surface area contributed by atoms with Gasteiger partial charge >= 0.3 is 11.9 Å². The van der Waals surface area contributed by atoms with Gasteiger partial charge in [0.1, 0.15) is 19.8 Å². The fourth-order valence-electron chi connectivity index (χ4n) is 5.91. The number of hydrogen-bond donors (Lipinski definition) is 1. The second-order valence-corrected chi connectivity index (χ2v) is 18.3. The summed E-state index contributed by atoms with van der Waals surface area (Å²) in [5.41, 5.74) is 0. The van der Waals surface area contributed by atoms with E-state index in [9.17, 15) is 24.2 Å². The molecule has 2 unspecified atom stereocenters. The first kappa shape index (κ1) is 59.9. The lowest BCUT2D eigenvalue weighted by Crippen LogP contribution is -2.37. The van der Waals surface area contributed by atoms with Crippen molar-refractivity contribution in [3.05, 3.63) is 97.2 Å². The van der Waals surface area contributed by atoms with Crippen LogP contribution < -0.4 is 4.89 Å². The summed E-state index contributed by atoms with van der Waals surface area (Å²) >= 11 is 0. The Hall–Kier alpha value is -3.11. The van der Waals surface area contributed by atoms with Crippen molar-refractivity contribution in [2.24, 2.45) is 0 Å². The predicted octanol–water partition coefficient (Wildman–Crippen LogP) is 12.5. The smallest absolute Gasteiger partial charge is 0.306 e. The highest BCUT2D eigenvalue weighted by Gasteiger charge is 2.21. The quantitative estimate of drug-likeness (QED) is 0.0159. The maximum atomic E-state index is 12.7. The topological polar surface area (TPSA) is 131 Å². The lowest BCUT2D eigenvalue weighted by Gasteiger charge is -2.28. The minimum absolute atomic E-state index is 0.0125. The van der Waals surface area contributed by atoms with E-state index in [1.165, 1.54) is 57.8 Å². The molecule has 0 aromatic carbocycles. The van der Waals surface area contributed by atoms with Crippen LogP contribution in [0.5, 0.6) is 0 Å². The molecule has 11 heteroatoms. The number of carbonyl (C=O) groups is 2. The molecule has 0 fully saturated rings. The van der Waals surface area contributed by atoms with Crippen molar-refractivity contribution in [1.29, 1.82) is 0 Å². The molecule has 0 aromatic rings. The number of phosphoric acid groups is 1. The van der Waals surface area contributed by atoms with Crippen LogP contribution in [0.15, 0.2) is 97.2 Å². The molecule has 0 saturated carbocycles. The normalized spacial score (nSPS) is 14.8. The molecule has 63 heavy (non-hydrogen) atoms. The molecule has 0 spiro atoms. The number of nitrogens with zero attached hydrogens (tertiary/aromatic N) is 1. The van der Waals surface area contributed by atoms with E-state index in [0.717, 1.165) is 57.8 Å². The molecule has 10 nitrogen and oxygen atoms in total. The molecular formula is C52H88NO9P. The zero-order chi connectivity index (χ0) is 46.5. The third-order valence-electron chi connectivity index (χ3n) is 9.68. The van der Waals surface area contributed by atoms with Crippen molar-refractivity contribution < 1.29 is 47.2 Å². The fraction of sp³-hybridized carbons (Fsp3) is 0.654. The number of quaternary nitrogens is 1. The maximum Gasteiger partial charge on any atom is 0.306 e. The molecule has 0 heterocycles. The Labute approximate surface area is 384 Å². The molecule has 0 radical (unpaired) electrons. The van der Waals surface area contributed by atoms with Crippen molar-refractivity contribution in [2.45, 2.75) is 174 Å². The van der Waals surface area contributed by atoms with E-state index in [1.54, 1.807) is 18.2 Å². The van der Waals surface area contributed by atoms with Gasteiger partial charge < -0.3 is 33.0 Å². The molecule has 0 aromatic heterocycles. The van der Waals surface area contributed by atoms with Gasteiger partial charge in [-0.1, -0.05) is 169 Å². The molecule has 1 N–H and O–H groups in total. The first-order valence-electron chi connectivity index (χ1n) is 24.1. The number of rotatable bonds is 42. The van der Waals surface area contributed by atoms with E-state index in [-0.39, 0.29) is 26.1 Å². The largest absolute Gasteiger partial charge is 0.756 e. The van der Waals surface area contributed by atoms with Gasteiger partial charge in [0.05, 0.1) is 33.9 Å². The SMILES string of the molecule is CC/C=C\C/C=C\C/C=C\C/C=C\C=C/C(O)C/C=C\CCC(=O)O[C@H](COC(=O)CCCCCCCCCCC/C=C\C/C=C\CCCCC)COP(=O)([O-])OCC[N+](C)(C)C. The molecule has 0 rings (SSSR count). The monoisotopic (exact) mass is 902 g/mol. The van der Waals surface area contributed by atoms with E-state index >= 15 is 0 Å². The first-order chi connectivity index (χ1) is 30.4. The number of carbonyl (C=O) groups excluding carboxylic acids is 2. The number of hydrogen-bond acceptors (Lipinski definition) is 9. The lowest BCUT2D eigenvalue weighted by molar-refractivity contribution is -0.870. The van der Waals surface area contributed by atoms with Crippen LogP contribution in [0.3, 0.4) is 0 Å². The molecule has 0 bridgehead atoms. The summed E-state index contributed by atoms with van der Waals surface area (Å²) in [6.07, 6.45) is 53.2. The number of allylic oxidation sites excluding steroid dienone is 14. The van der Waals surface area contributed by atoms with Crippen LogP contribution in [-0.4, -0.2) is 81.2 Å². The van der Waals surface area contributed by atoms with Gasteiger partial charge in [0, 0.05) is 12.8 Å². The van der Waals surface area contributed by atoms with Crippen LogP contribution in [0, 0.1) is 0 Å². The Morgan fingerprint density at radius 3 is 1.75 bits per heavy atom. The van der Waals surface area contributed by atoms with E-state index in [4.69, 9.17) is 18.5 Å². The summed E-state index contributed by atoms with van der Waals surface area (Å²) in [5, 5.41) is 10.3. The highest BCUT2D eigenvalue weighted by atomic mass is 31.2. The number of aliphatic hydroxyl groups excluding tert-OH is 1.